The smallest absolute Gasteiger partial charge is 0.240 e. The summed E-state index contributed by atoms with van der Waals surface area (Å²) in [6, 6.07) is 17.6. The third-order valence-corrected chi connectivity index (χ3v) is 5.84. The van der Waals surface area contributed by atoms with E-state index >= 15 is 0 Å². The number of rotatable bonds is 6. The normalized spacial score (nSPS) is 11.3. The molecule has 0 saturated heterocycles. The second kappa shape index (κ2) is 8.19. The summed E-state index contributed by atoms with van der Waals surface area (Å²) >= 11 is 1.41. The Kier molecular flexibility index (Phi) is 5.44. The van der Waals surface area contributed by atoms with Gasteiger partial charge >= 0.3 is 0 Å². The third kappa shape index (κ3) is 4.46. The number of hydrogen-bond donors (Lipinski definition) is 2. The van der Waals surface area contributed by atoms with E-state index in [0.717, 1.165) is 16.3 Å². The highest BCUT2D eigenvalue weighted by Gasteiger charge is 2.16. The average molecular weight is 440 g/mol. The van der Waals surface area contributed by atoms with Gasteiger partial charge in [0, 0.05) is 17.8 Å². The molecule has 8 nitrogen and oxygen atoms in total. The molecule has 4 aromatic rings. The molecule has 0 fully saturated rings. The van der Waals surface area contributed by atoms with E-state index in [1.165, 1.54) is 23.6 Å². The van der Waals surface area contributed by atoms with E-state index in [1.54, 1.807) is 24.3 Å². The lowest BCUT2D eigenvalue weighted by Gasteiger charge is -2.10. The number of benzene rings is 2. The Balaban J connectivity index is 1.62. The zero-order chi connectivity index (χ0) is 21.1. The predicted molar refractivity (Wildman–Crippen MR) is 115 cm³/mol. The molecule has 0 aliphatic rings. The van der Waals surface area contributed by atoms with Gasteiger partial charge in [-0.3, -0.25) is 0 Å². The first-order valence-corrected chi connectivity index (χ1v) is 11.2. The molecule has 30 heavy (non-hydrogen) atoms. The van der Waals surface area contributed by atoms with E-state index in [-0.39, 0.29) is 16.5 Å². The van der Waals surface area contributed by atoms with Crippen LogP contribution in [0.25, 0.3) is 11.3 Å². The lowest BCUT2D eigenvalue weighted by molar-refractivity contribution is 0.476. The molecule has 0 amide bonds. The Bertz CT molecular complexity index is 1290. The van der Waals surface area contributed by atoms with E-state index in [0.29, 0.717) is 10.9 Å². The molecule has 3 N–H and O–H groups in total. The minimum atomic E-state index is -3.90. The molecule has 0 aliphatic heterocycles. The van der Waals surface area contributed by atoms with Gasteiger partial charge in [0.2, 0.25) is 26.9 Å². The molecule has 2 aromatic carbocycles. The maximum absolute atomic E-state index is 11.8. The number of nitrogens with zero attached hydrogens (tertiary/aromatic N) is 3. The van der Waals surface area contributed by atoms with Crippen molar-refractivity contribution in [3.8, 4) is 22.2 Å². The van der Waals surface area contributed by atoms with Crippen LogP contribution in [-0.2, 0) is 10.0 Å². The van der Waals surface area contributed by atoms with Crippen LogP contribution in [0.2, 0.25) is 0 Å². The van der Waals surface area contributed by atoms with E-state index in [2.05, 4.69) is 20.3 Å². The number of nitrogens with one attached hydrogen (secondary N) is 1. The molecule has 0 aliphatic carbocycles. The van der Waals surface area contributed by atoms with Crippen LogP contribution in [0.15, 0.2) is 71.8 Å². The van der Waals surface area contributed by atoms with Gasteiger partial charge in [0.1, 0.15) is 10.6 Å². The lowest BCUT2D eigenvalue weighted by Crippen LogP contribution is -2.14. The summed E-state index contributed by atoms with van der Waals surface area (Å²) in [6.07, 6.45) is 1.51. The number of anilines is 2. The Labute approximate surface area is 177 Å². The maximum atomic E-state index is 11.8. The standard InChI is InChI=1S/C20H17N5O3S2/c1-13-23-18(14-7-3-2-4-8-14)19(29-13)28-17-11-12-22-20(25-17)24-15-9-5-6-10-16(15)30(21,26)27/h2-12H,1H3,(H2,21,26,27)(H,22,24,25). The maximum Gasteiger partial charge on any atom is 0.240 e. The second-order valence-corrected chi connectivity index (χ2v) is 8.92. The highest BCUT2D eigenvalue weighted by Crippen LogP contribution is 2.37. The fourth-order valence-corrected chi connectivity index (χ4v) is 4.23. The van der Waals surface area contributed by atoms with Crippen LogP contribution in [0.1, 0.15) is 5.01 Å². The van der Waals surface area contributed by atoms with Gasteiger partial charge < -0.3 is 10.1 Å². The summed E-state index contributed by atoms with van der Waals surface area (Å²) < 4.78 is 29.6. The van der Waals surface area contributed by atoms with Crippen molar-refractivity contribution < 1.29 is 13.2 Å². The van der Waals surface area contributed by atoms with E-state index in [9.17, 15) is 8.42 Å². The van der Waals surface area contributed by atoms with Crippen molar-refractivity contribution in [3.05, 3.63) is 71.9 Å². The van der Waals surface area contributed by atoms with Crippen molar-refractivity contribution in [2.45, 2.75) is 11.8 Å². The van der Waals surface area contributed by atoms with Crippen LogP contribution in [0.5, 0.6) is 10.9 Å². The molecule has 2 heterocycles. The molecule has 0 bridgehead atoms. The predicted octanol–water partition coefficient (Wildman–Crippen LogP) is 4.09. The van der Waals surface area contributed by atoms with Crippen molar-refractivity contribution in [3.63, 3.8) is 0 Å². The number of thiazole rings is 1. The molecule has 152 valence electrons. The van der Waals surface area contributed by atoms with Gasteiger partial charge in [0.05, 0.1) is 10.7 Å². The lowest BCUT2D eigenvalue weighted by atomic mass is 10.2. The Hall–Kier alpha value is -3.34. The van der Waals surface area contributed by atoms with Crippen molar-refractivity contribution >= 4 is 33.0 Å². The SMILES string of the molecule is Cc1nc(-c2ccccc2)c(Oc2ccnc(Nc3ccccc3S(N)(=O)=O)n2)s1. The van der Waals surface area contributed by atoms with E-state index in [4.69, 9.17) is 9.88 Å². The zero-order valence-electron chi connectivity index (χ0n) is 15.8. The molecule has 0 spiro atoms. The van der Waals surface area contributed by atoms with Crippen LogP contribution in [0.3, 0.4) is 0 Å². The summed E-state index contributed by atoms with van der Waals surface area (Å²) in [6.45, 7) is 1.90. The first kappa shape index (κ1) is 20.0. The first-order chi connectivity index (χ1) is 14.4. The fourth-order valence-electron chi connectivity index (χ4n) is 2.75. The number of para-hydroxylation sites is 1. The number of aryl methyl sites for hydroxylation is 1. The Morgan fingerprint density at radius 2 is 1.73 bits per heavy atom. The largest absolute Gasteiger partial charge is 0.426 e. The highest BCUT2D eigenvalue weighted by molar-refractivity contribution is 7.89. The molecule has 0 atom stereocenters. The molecular weight excluding hydrogens is 422 g/mol. The monoisotopic (exact) mass is 439 g/mol. The van der Waals surface area contributed by atoms with Gasteiger partial charge in [0.25, 0.3) is 0 Å². The van der Waals surface area contributed by atoms with Gasteiger partial charge in [-0.05, 0) is 19.1 Å². The fraction of sp³-hybridized carbons (Fsp3) is 0.0500. The van der Waals surface area contributed by atoms with Crippen LogP contribution in [-0.4, -0.2) is 23.4 Å². The summed E-state index contributed by atoms with van der Waals surface area (Å²) in [7, 11) is -3.90. The van der Waals surface area contributed by atoms with Crippen molar-refractivity contribution in [2.75, 3.05) is 5.32 Å². The average Bonchev–Trinajstić information content (AvgIpc) is 3.08. The van der Waals surface area contributed by atoms with Gasteiger partial charge in [-0.1, -0.05) is 53.8 Å². The number of primary sulfonamides is 1. The number of hydrogen-bond acceptors (Lipinski definition) is 8. The van der Waals surface area contributed by atoms with E-state index in [1.807, 2.05) is 37.3 Å². The zero-order valence-corrected chi connectivity index (χ0v) is 17.4. The molecule has 0 unspecified atom stereocenters. The molecule has 10 heteroatoms. The number of ether oxygens (including phenoxy) is 1. The van der Waals surface area contributed by atoms with Gasteiger partial charge in [-0.25, -0.2) is 23.5 Å². The van der Waals surface area contributed by atoms with Crippen molar-refractivity contribution in [1.82, 2.24) is 15.0 Å². The van der Waals surface area contributed by atoms with Crippen LogP contribution >= 0.6 is 11.3 Å². The van der Waals surface area contributed by atoms with Crippen LogP contribution < -0.4 is 15.2 Å². The minimum Gasteiger partial charge on any atom is -0.426 e. The quantitative estimate of drug-likeness (QED) is 0.464. The van der Waals surface area contributed by atoms with Crippen molar-refractivity contribution in [2.24, 2.45) is 5.14 Å². The minimum absolute atomic E-state index is 0.0515. The molecule has 4 rings (SSSR count). The summed E-state index contributed by atoms with van der Waals surface area (Å²) in [5.41, 5.74) is 1.94. The number of aromatic nitrogens is 3. The Morgan fingerprint density at radius 3 is 2.50 bits per heavy atom. The molecule has 0 radical (unpaired) electrons. The second-order valence-electron chi connectivity index (χ2n) is 6.22. The summed E-state index contributed by atoms with van der Waals surface area (Å²) in [4.78, 5) is 13.0. The topological polar surface area (TPSA) is 120 Å². The van der Waals surface area contributed by atoms with Gasteiger partial charge in [-0.15, -0.1) is 0 Å². The highest BCUT2D eigenvalue weighted by atomic mass is 32.2. The first-order valence-electron chi connectivity index (χ1n) is 8.83. The number of sulfonamides is 1. The third-order valence-electron chi connectivity index (χ3n) is 4.02. The van der Waals surface area contributed by atoms with Gasteiger partial charge in [-0.2, -0.15) is 4.98 Å². The molecule has 2 aromatic heterocycles. The molecular formula is C20H17N5O3S2. The summed E-state index contributed by atoms with van der Waals surface area (Å²) in [5.74, 6) is 0.465. The number of nitrogens with two attached hydrogens (primary N) is 1. The van der Waals surface area contributed by atoms with Crippen LogP contribution in [0.4, 0.5) is 11.6 Å². The van der Waals surface area contributed by atoms with Crippen molar-refractivity contribution in [1.29, 1.82) is 0 Å². The van der Waals surface area contributed by atoms with E-state index < -0.39 is 10.0 Å². The summed E-state index contributed by atoms with van der Waals surface area (Å²) in [5, 5.41) is 9.63. The Morgan fingerprint density at radius 1 is 1.00 bits per heavy atom. The van der Waals surface area contributed by atoms with Crippen LogP contribution in [0, 0.1) is 6.92 Å². The molecule has 0 saturated carbocycles. The van der Waals surface area contributed by atoms with Gasteiger partial charge in [0.15, 0.2) is 0 Å².